The third kappa shape index (κ3) is 4.67. The third-order valence-corrected chi connectivity index (χ3v) is 4.79. The van der Waals surface area contributed by atoms with E-state index in [0.717, 1.165) is 4.68 Å². The van der Waals surface area contributed by atoms with Gasteiger partial charge in [0.05, 0.1) is 24.7 Å². The van der Waals surface area contributed by atoms with Crippen LogP contribution in [-0.2, 0) is 7.05 Å². The van der Waals surface area contributed by atoms with Crippen molar-refractivity contribution in [3.63, 3.8) is 0 Å². The fourth-order valence-corrected chi connectivity index (χ4v) is 3.05. The summed E-state index contributed by atoms with van der Waals surface area (Å²) in [6.45, 7) is 1.33. The van der Waals surface area contributed by atoms with Crippen LogP contribution in [0.5, 0.6) is 0 Å². The van der Waals surface area contributed by atoms with E-state index in [1.807, 2.05) is 0 Å². The SMILES string of the molecule is C[C@@H](CO)NC(=O)c1cc(-c2cnc(-c3ccc(F)cc3)nc2)nn(-c2cnn(C)c2)c1=O. The number of nitrogens with zero attached hydrogens (tertiary/aromatic N) is 6. The van der Waals surface area contributed by atoms with Crippen molar-refractivity contribution < 1.29 is 14.3 Å². The molecule has 0 aliphatic heterocycles. The number of hydrogen-bond donors (Lipinski definition) is 2. The van der Waals surface area contributed by atoms with E-state index in [-0.39, 0.29) is 23.7 Å². The van der Waals surface area contributed by atoms with Gasteiger partial charge in [-0.3, -0.25) is 14.3 Å². The molecule has 168 valence electrons. The number of halogens is 1. The first-order valence-corrected chi connectivity index (χ1v) is 9.99. The lowest BCUT2D eigenvalue weighted by molar-refractivity contribution is 0.0920. The normalized spacial score (nSPS) is 11.9. The Kier molecular flexibility index (Phi) is 6.05. The van der Waals surface area contributed by atoms with Gasteiger partial charge in [-0.25, -0.2) is 14.4 Å². The molecular formula is C22H20FN7O3. The van der Waals surface area contributed by atoms with Crippen molar-refractivity contribution in [3.8, 4) is 28.3 Å². The lowest BCUT2D eigenvalue weighted by atomic mass is 10.1. The molecular weight excluding hydrogens is 429 g/mol. The molecule has 1 amide bonds. The van der Waals surface area contributed by atoms with Gasteiger partial charge in [0.25, 0.3) is 11.5 Å². The van der Waals surface area contributed by atoms with Crippen LogP contribution in [0.3, 0.4) is 0 Å². The second-order valence-corrected chi connectivity index (χ2v) is 7.39. The molecule has 10 nitrogen and oxygen atoms in total. The Labute approximate surface area is 187 Å². The summed E-state index contributed by atoms with van der Waals surface area (Å²) in [5.74, 6) is -0.626. The van der Waals surface area contributed by atoms with Gasteiger partial charge in [-0.15, -0.1) is 0 Å². The average molecular weight is 449 g/mol. The molecule has 4 aromatic rings. The van der Waals surface area contributed by atoms with Crippen LogP contribution in [0, 0.1) is 5.82 Å². The van der Waals surface area contributed by atoms with E-state index >= 15 is 0 Å². The molecule has 3 heterocycles. The third-order valence-electron chi connectivity index (χ3n) is 4.79. The van der Waals surface area contributed by atoms with Gasteiger partial charge in [-0.05, 0) is 37.3 Å². The number of hydrogen-bond acceptors (Lipinski definition) is 7. The molecule has 0 aliphatic rings. The van der Waals surface area contributed by atoms with Gasteiger partial charge in [0.15, 0.2) is 5.82 Å². The highest BCUT2D eigenvalue weighted by Crippen LogP contribution is 2.20. The van der Waals surface area contributed by atoms with Crippen LogP contribution in [0.4, 0.5) is 4.39 Å². The van der Waals surface area contributed by atoms with Gasteiger partial charge in [-0.2, -0.15) is 14.9 Å². The second-order valence-electron chi connectivity index (χ2n) is 7.39. The summed E-state index contributed by atoms with van der Waals surface area (Å²) in [6.07, 6.45) is 6.04. The Morgan fingerprint density at radius 3 is 2.45 bits per heavy atom. The Hall–Kier alpha value is -4.25. The van der Waals surface area contributed by atoms with E-state index in [1.165, 1.54) is 41.5 Å². The molecule has 0 aliphatic carbocycles. The smallest absolute Gasteiger partial charge is 0.284 e. The number of aliphatic hydroxyl groups excluding tert-OH is 1. The standard InChI is InChI=1S/C22H20FN7O3/c1-13(12-31)27-21(32)18-7-19(28-30(22(18)33)17-10-26-29(2)11-17)15-8-24-20(25-9-15)14-3-5-16(23)6-4-14/h3-11,13,31H,12H2,1-2H3,(H,27,32)/t13-/m0/s1. The van der Waals surface area contributed by atoms with Crippen molar-refractivity contribution in [2.45, 2.75) is 13.0 Å². The molecule has 0 fully saturated rings. The fourth-order valence-electron chi connectivity index (χ4n) is 3.05. The van der Waals surface area contributed by atoms with E-state index in [9.17, 15) is 19.1 Å². The van der Waals surface area contributed by atoms with Crippen molar-refractivity contribution in [2.24, 2.45) is 7.05 Å². The van der Waals surface area contributed by atoms with E-state index < -0.39 is 17.5 Å². The topological polar surface area (TPSA) is 128 Å². The molecule has 0 bridgehead atoms. The first kappa shape index (κ1) is 22.0. The number of carbonyl (C=O) groups is 1. The number of carbonyl (C=O) groups excluding carboxylic acids is 1. The monoisotopic (exact) mass is 449 g/mol. The lowest BCUT2D eigenvalue weighted by Gasteiger charge is -2.13. The summed E-state index contributed by atoms with van der Waals surface area (Å²) >= 11 is 0. The first-order chi connectivity index (χ1) is 15.9. The molecule has 11 heteroatoms. The molecule has 1 aromatic carbocycles. The largest absolute Gasteiger partial charge is 0.394 e. The number of aryl methyl sites for hydroxylation is 1. The Morgan fingerprint density at radius 2 is 1.85 bits per heavy atom. The van der Waals surface area contributed by atoms with Gasteiger partial charge in [0.1, 0.15) is 17.1 Å². The Bertz CT molecular complexity index is 1350. The maximum atomic E-state index is 13.2. The van der Waals surface area contributed by atoms with E-state index in [2.05, 4.69) is 25.5 Å². The molecule has 0 unspecified atom stereocenters. The number of rotatable bonds is 6. The van der Waals surface area contributed by atoms with Crippen molar-refractivity contribution >= 4 is 5.91 Å². The van der Waals surface area contributed by atoms with Crippen LogP contribution in [-0.4, -0.2) is 53.2 Å². The van der Waals surface area contributed by atoms with Gasteiger partial charge in [0, 0.05) is 36.6 Å². The predicted octanol–water partition coefficient (Wildman–Crippen LogP) is 1.34. The number of amides is 1. The van der Waals surface area contributed by atoms with Crippen LogP contribution in [0.15, 0.2) is 59.9 Å². The predicted molar refractivity (Wildman–Crippen MR) is 117 cm³/mol. The van der Waals surface area contributed by atoms with Crippen LogP contribution >= 0.6 is 0 Å². The molecule has 2 N–H and O–H groups in total. The fraction of sp³-hybridized carbons (Fsp3) is 0.182. The zero-order chi connectivity index (χ0) is 23.5. The second kappa shape index (κ2) is 9.09. The zero-order valence-electron chi connectivity index (χ0n) is 17.8. The minimum absolute atomic E-state index is 0.160. The summed E-state index contributed by atoms with van der Waals surface area (Å²) in [5.41, 5.74) is 0.949. The molecule has 0 saturated carbocycles. The molecule has 3 aromatic heterocycles. The molecule has 0 spiro atoms. The van der Waals surface area contributed by atoms with Gasteiger partial charge in [0.2, 0.25) is 0 Å². The van der Waals surface area contributed by atoms with Crippen molar-refractivity contribution in [3.05, 3.63) is 76.9 Å². The molecule has 33 heavy (non-hydrogen) atoms. The number of aliphatic hydroxyl groups is 1. The maximum Gasteiger partial charge on any atom is 0.284 e. The quantitative estimate of drug-likeness (QED) is 0.455. The van der Waals surface area contributed by atoms with E-state index in [0.29, 0.717) is 22.6 Å². The summed E-state index contributed by atoms with van der Waals surface area (Å²) in [5, 5.41) is 20.2. The minimum atomic E-state index is -0.647. The summed E-state index contributed by atoms with van der Waals surface area (Å²) < 4.78 is 15.8. The van der Waals surface area contributed by atoms with Crippen molar-refractivity contribution in [1.29, 1.82) is 0 Å². The summed E-state index contributed by atoms with van der Waals surface area (Å²) in [6, 6.07) is 6.57. The zero-order valence-corrected chi connectivity index (χ0v) is 17.8. The highest BCUT2D eigenvalue weighted by molar-refractivity contribution is 5.95. The number of benzene rings is 1. The van der Waals surface area contributed by atoms with Crippen LogP contribution in [0.1, 0.15) is 17.3 Å². The summed E-state index contributed by atoms with van der Waals surface area (Å²) in [4.78, 5) is 34.4. The van der Waals surface area contributed by atoms with Gasteiger partial charge >= 0.3 is 0 Å². The highest BCUT2D eigenvalue weighted by Gasteiger charge is 2.19. The van der Waals surface area contributed by atoms with Crippen molar-refractivity contribution in [1.82, 2.24) is 34.8 Å². The van der Waals surface area contributed by atoms with Crippen LogP contribution in [0.25, 0.3) is 28.3 Å². The molecule has 4 rings (SSSR count). The van der Waals surface area contributed by atoms with Crippen molar-refractivity contribution in [2.75, 3.05) is 6.61 Å². The first-order valence-electron chi connectivity index (χ1n) is 9.99. The summed E-state index contributed by atoms with van der Waals surface area (Å²) in [7, 11) is 1.69. The molecule has 0 radical (unpaired) electrons. The maximum absolute atomic E-state index is 13.2. The van der Waals surface area contributed by atoms with Crippen LogP contribution in [0.2, 0.25) is 0 Å². The van der Waals surface area contributed by atoms with E-state index in [1.54, 1.807) is 32.3 Å². The average Bonchev–Trinajstić information content (AvgIpc) is 3.25. The molecule has 1 atom stereocenters. The minimum Gasteiger partial charge on any atom is -0.394 e. The molecule has 0 saturated heterocycles. The van der Waals surface area contributed by atoms with Gasteiger partial charge in [-0.1, -0.05) is 0 Å². The number of nitrogens with one attached hydrogen (secondary N) is 1. The Balaban J connectivity index is 1.78. The van der Waals surface area contributed by atoms with Crippen LogP contribution < -0.4 is 10.9 Å². The number of aromatic nitrogens is 6. The lowest BCUT2D eigenvalue weighted by Crippen LogP contribution is -2.39. The Morgan fingerprint density at radius 1 is 1.15 bits per heavy atom. The van der Waals surface area contributed by atoms with Gasteiger partial charge < -0.3 is 10.4 Å². The van der Waals surface area contributed by atoms with E-state index in [4.69, 9.17) is 0 Å². The highest BCUT2D eigenvalue weighted by atomic mass is 19.1.